The summed E-state index contributed by atoms with van der Waals surface area (Å²) in [5.74, 6) is 1.30. The summed E-state index contributed by atoms with van der Waals surface area (Å²) in [6.07, 6.45) is 3.54. The summed E-state index contributed by atoms with van der Waals surface area (Å²) in [4.78, 5) is 2.55. The van der Waals surface area contributed by atoms with Crippen molar-refractivity contribution in [1.29, 1.82) is 0 Å². The van der Waals surface area contributed by atoms with Crippen LogP contribution in [0, 0.1) is 0 Å². The molecular weight excluding hydrogens is 190 g/mol. The van der Waals surface area contributed by atoms with Crippen molar-refractivity contribution in [3.63, 3.8) is 0 Å². The summed E-state index contributed by atoms with van der Waals surface area (Å²) >= 11 is 1.95. The van der Waals surface area contributed by atoms with Crippen molar-refractivity contribution in [3.8, 4) is 0 Å². The minimum atomic E-state index is 0.864. The summed E-state index contributed by atoms with van der Waals surface area (Å²) in [7, 11) is 0. The fourth-order valence-corrected chi connectivity index (χ4v) is 2.27. The molecule has 0 aliphatic carbocycles. The molecule has 0 radical (unpaired) electrons. The zero-order valence-corrected chi connectivity index (χ0v) is 9.46. The van der Waals surface area contributed by atoms with Crippen LogP contribution in [0.3, 0.4) is 0 Å². The summed E-state index contributed by atoms with van der Waals surface area (Å²) in [5.41, 5.74) is 1.44. The average molecular weight is 207 g/mol. The molecule has 2 rings (SSSR count). The number of benzene rings is 1. The number of nitrogens with zero attached hydrogens (tertiary/aromatic N) is 1. The Morgan fingerprint density at radius 1 is 1.36 bits per heavy atom. The second kappa shape index (κ2) is 4.85. The molecule has 0 bridgehead atoms. The quantitative estimate of drug-likeness (QED) is 0.683. The Labute approximate surface area is 90.5 Å². The number of hydrogen-bond acceptors (Lipinski definition) is 2. The van der Waals surface area contributed by atoms with E-state index in [1.165, 1.54) is 24.3 Å². The van der Waals surface area contributed by atoms with E-state index in [1.54, 1.807) is 0 Å². The van der Waals surface area contributed by atoms with Gasteiger partial charge in [-0.15, -0.1) is 0 Å². The van der Waals surface area contributed by atoms with Crippen molar-refractivity contribution in [2.45, 2.75) is 19.0 Å². The van der Waals surface area contributed by atoms with Crippen LogP contribution in [0.25, 0.3) is 0 Å². The molecule has 76 valence electrons. The fraction of sp³-hybridized carbons (Fsp3) is 0.500. The van der Waals surface area contributed by atoms with Crippen LogP contribution in [-0.4, -0.2) is 29.5 Å². The van der Waals surface area contributed by atoms with Gasteiger partial charge in [0.25, 0.3) is 0 Å². The maximum Gasteiger partial charge on any atom is 0.0237 e. The Morgan fingerprint density at radius 3 is 2.86 bits per heavy atom. The third-order valence-corrected chi connectivity index (χ3v) is 3.36. The van der Waals surface area contributed by atoms with Gasteiger partial charge in [-0.1, -0.05) is 30.3 Å². The van der Waals surface area contributed by atoms with Crippen molar-refractivity contribution in [2.24, 2.45) is 0 Å². The lowest BCUT2D eigenvalue weighted by Crippen LogP contribution is -2.02. The fourth-order valence-electron chi connectivity index (χ4n) is 1.76. The third kappa shape index (κ3) is 2.76. The molecule has 0 aromatic heterocycles. The van der Waals surface area contributed by atoms with E-state index in [0.29, 0.717) is 0 Å². The van der Waals surface area contributed by atoms with Gasteiger partial charge in [0, 0.05) is 19.1 Å². The molecule has 1 fully saturated rings. The number of rotatable bonds is 5. The van der Waals surface area contributed by atoms with E-state index >= 15 is 0 Å². The zero-order valence-electron chi connectivity index (χ0n) is 8.65. The molecule has 1 aliphatic rings. The van der Waals surface area contributed by atoms with Crippen LogP contribution >= 0.6 is 11.8 Å². The van der Waals surface area contributed by atoms with E-state index in [-0.39, 0.29) is 0 Å². The first kappa shape index (κ1) is 10.1. The SMILES string of the molecule is CSCC[C@H]1CN1Cc1ccccc1. The second-order valence-electron chi connectivity index (χ2n) is 3.85. The van der Waals surface area contributed by atoms with E-state index < -0.39 is 0 Å². The molecule has 1 unspecified atom stereocenters. The van der Waals surface area contributed by atoms with Gasteiger partial charge in [0.1, 0.15) is 0 Å². The first-order chi connectivity index (χ1) is 6.90. The lowest BCUT2D eigenvalue weighted by Gasteiger charge is -2.03. The van der Waals surface area contributed by atoms with Gasteiger partial charge < -0.3 is 0 Å². The second-order valence-corrected chi connectivity index (χ2v) is 4.84. The van der Waals surface area contributed by atoms with Crippen LogP contribution in [0.5, 0.6) is 0 Å². The molecule has 0 N–H and O–H groups in total. The highest BCUT2D eigenvalue weighted by atomic mass is 32.2. The molecule has 1 nitrogen and oxygen atoms in total. The Bertz CT molecular complexity index is 273. The smallest absolute Gasteiger partial charge is 0.0237 e. The number of thioether (sulfide) groups is 1. The summed E-state index contributed by atoms with van der Waals surface area (Å²) in [5, 5.41) is 0. The highest BCUT2D eigenvalue weighted by Crippen LogP contribution is 2.24. The van der Waals surface area contributed by atoms with Crippen LogP contribution in [-0.2, 0) is 6.54 Å². The van der Waals surface area contributed by atoms with Crippen LogP contribution < -0.4 is 0 Å². The van der Waals surface area contributed by atoms with Gasteiger partial charge in [-0.2, -0.15) is 11.8 Å². The Morgan fingerprint density at radius 2 is 2.14 bits per heavy atom. The van der Waals surface area contributed by atoms with E-state index in [0.717, 1.165) is 12.6 Å². The van der Waals surface area contributed by atoms with Crippen LogP contribution in [0.4, 0.5) is 0 Å². The first-order valence-corrected chi connectivity index (χ1v) is 6.56. The van der Waals surface area contributed by atoms with Crippen molar-refractivity contribution in [1.82, 2.24) is 4.90 Å². The van der Waals surface area contributed by atoms with Crippen LogP contribution in [0.2, 0.25) is 0 Å². The maximum absolute atomic E-state index is 2.55. The minimum absolute atomic E-state index is 0.864. The first-order valence-electron chi connectivity index (χ1n) is 5.17. The maximum atomic E-state index is 2.55. The molecule has 0 amide bonds. The van der Waals surface area contributed by atoms with Crippen molar-refractivity contribution >= 4 is 11.8 Å². The lowest BCUT2D eigenvalue weighted by atomic mass is 10.2. The average Bonchev–Trinajstić information content (AvgIpc) is 2.95. The topological polar surface area (TPSA) is 3.01 Å². The molecule has 1 heterocycles. The summed E-state index contributed by atoms with van der Waals surface area (Å²) in [6.45, 7) is 2.44. The third-order valence-electron chi connectivity index (χ3n) is 2.71. The standard InChI is InChI=1S/C12H17NS/c1-14-8-7-12-10-13(12)9-11-5-3-2-4-6-11/h2-6,12H,7-10H2,1H3/t12-,13?/m0/s1. The Hall–Kier alpha value is -0.470. The predicted molar refractivity (Wildman–Crippen MR) is 63.6 cm³/mol. The highest BCUT2D eigenvalue weighted by molar-refractivity contribution is 7.98. The van der Waals surface area contributed by atoms with Crippen molar-refractivity contribution < 1.29 is 0 Å². The minimum Gasteiger partial charge on any atom is -0.293 e. The molecule has 0 spiro atoms. The Kier molecular flexibility index (Phi) is 3.49. The van der Waals surface area contributed by atoms with Crippen molar-refractivity contribution in [3.05, 3.63) is 35.9 Å². The van der Waals surface area contributed by atoms with Gasteiger partial charge >= 0.3 is 0 Å². The largest absolute Gasteiger partial charge is 0.293 e. The molecule has 1 aliphatic heterocycles. The summed E-state index contributed by atoms with van der Waals surface area (Å²) in [6, 6.07) is 11.6. The van der Waals surface area contributed by atoms with Crippen LogP contribution in [0.15, 0.2) is 30.3 Å². The Balaban J connectivity index is 1.74. The lowest BCUT2D eigenvalue weighted by molar-refractivity contribution is 0.496. The van der Waals surface area contributed by atoms with Gasteiger partial charge in [-0.3, -0.25) is 4.90 Å². The van der Waals surface area contributed by atoms with Crippen LogP contribution in [0.1, 0.15) is 12.0 Å². The normalized spacial score (nSPS) is 24.9. The molecule has 14 heavy (non-hydrogen) atoms. The molecule has 2 heteroatoms. The van der Waals surface area contributed by atoms with E-state index in [2.05, 4.69) is 41.5 Å². The van der Waals surface area contributed by atoms with Gasteiger partial charge in [0.15, 0.2) is 0 Å². The zero-order chi connectivity index (χ0) is 9.80. The molecule has 0 saturated carbocycles. The summed E-state index contributed by atoms with van der Waals surface area (Å²) < 4.78 is 0. The molecule has 1 aromatic carbocycles. The van der Waals surface area contributed by atoms with Gasteiger partial charge in [-0.25, -0.2) is 0 Å². The number of hydrogen-bond donors (Lipinski definition) is 0. The predicted octanol–water partition coefficient (Wildman–Crippen LogP) is 2.62. The van der Waals surface area contributed by atoms with Gasteiger partial charge in [0.2, 0.25) is 0 Å². The van der Waals surface area contributed by atoms with Gasteiger partial charge in [0.05, 0.1) is 0 Å². The van der Waals surface area contributed by atoms with E-state index in [4.69, 9.17) is 0 Å². The monoisotopic (exact) mass is 207 g/mol. The molecule has 2 atom stereocenters. The molecular formula is C12H17NS. The van der Waals surface area contributed by atoms with E-state index in [1.807, 2.05) is 11.8 Å². The van der Waals surface area contributed by atoms with Crippen molar-refractivity contribution in [2.75, 3.05) is 18.6 Å². The molecule has 1 aromatic rings. The van der Waals surface area contributed by atoms with Gasteiger partial charge in [-0.05, 0) is 24.0 Å². The highest BCUT2D eigenvalue weighted by Gasteiger charge is 2.32. The molecule has 1 saturated heterocycles. The van der Waals surface area contributed by atoms with E-state index in [9.17, 15) is 0 Å².